The van der Waals surface area contributed by atoms with E-state index in [4.69, 9.17) is 5.73 Å². The number of carboxylic acids is 1. The highest BCUT2D eigenvalue weighted by Crippen LogP contribution is 2.24. The number of benzene rings is 1. The Hall–Kier alpha value is -2.14. The van der Waals surface area contributed by atoms with Crippen LogP contribution in [0.25, 0.3) is 0 Å². The van der Waals surface area contributed by atoms with E-state index in [1.54, 1.807) is 42.5 Å². The van der Waals surface area contributed by atoms with E-state index in [9.17, 15) is 14.7 Å². The van der Waals surface area contributed by atoms with E-state index >= 15 is 0 Å². The maximum atomic E-state index is 12.2. The van der Waals surface area contributed by atoms with Crippen molar-refractivity contribution in [3.05, 3.63) is 48.0 Å². The van der Waals surface area contributed by atoms with Crippen molar-refractivity contribution in [2.24, 2.45) is 11.7 Å². The zero-order valence-electron chi connectivity index (χ0n) is 11.2. The number of carbonyl (C=O) groups is 2. The predicted octanol–water partition coefficient (Wildman–Crippen LogP) is 1.01. The maximum absolute atomic E-state index is 12.2. The number of hydrogen-bond acceptors (Lipinski definition) is 3. The Morgan fingerprint density at radius 3 is 2.45 bits per heavy atom. The van der Waals surface area contributed by atoms with Crippen molar-refractivity contribution in [2.45, 2.75) is 24.9 Å². The third kappa shape index (κ3) is 2.72. The Bertz CT molecular complexity index is 541. The van der Waals surface area contributed by atoms with Gasteiger partial charge in [0, 0.05) is 6.04 Å². The van der Waals surface area contributed by atoms with Crippen molar-refractivity contribution >= 4 is 11.9 Å². The normalized spacial score (nSPS) is 24.1. The van der Waals surface area contributed by atoms with Crippen molar-refractivity contribution in [1.29, 1.82) is 0 Å². The number of carbonyl (C=O) groups excluding carboxylic acids is 1. The van der Waals surface area contributed by atoms with Crippen LogP contribution in [0.1, 0.15) is 18.9 Å². The molecule has 0 heterocycles. The fourth-order valence-corrected chi connectivity index (χ4v) is 2.28. The minimum absolute atomic E-state index is 0.140. The Kier molecular flexibility index (Phi) is 3.90. The summed E-state index contributed by atoms with van der Waals surface area (Å²) in [4.78, 5) is 23.8. The molecule has 0 saturated heterocycles. The second-order valence-corrected chi connectivity index (χ2v) is 5.18. The molecule has 3 atom stereocenters. The second kappa shape index (κ2) is 5.46. The highest BCUT2D eigenvalue weighted by Gasteiger charge is 2.38. The third-order valence-corrected chi connectivity index (χ3v) is 3.61. The monoisotopic (exact) mass is 274 g/mol. The van der Waals surface area contributed by atoms with Gasteiger partial charge in [-0.15, -0.1) is 0 Å². The molecule has 1 amide bonds. The third-order valence-electron chi connectivity index (χ3n) is 3.61. The van der Waals surface area contributed by atoms with Gasteiger partial charge in [0.25, 0.3) is 0 Å². The highest BCUT2D eigenvalue weighted by atomic mass is 16.4. The van der Waals surface area contributed by atoms with Crippen molar-refractivity contribution < 1.29 is 14.7 Å². The quantitative estimate of drug-likeness (QED) is 0.714. The predicted molar refractivity (Wildman–Crippen MR) is 74.8 cm³/mol. The second-order valence-electron chi connectivity index (χ2n) is 5.18. The van der Waals surface area contributed by atoms with Crippen LogP contribution in [-0.4, -0.2) is 23.0 Å². The van der Waals surface area contributed by atoms with Crippen LogP contribution in [0.4, 0.5) is 0 Å². The molecule has 0 spiro atoms. The summed E-state index contributed by atoms with van der Waals surface area (Å²) in [5.74, 6) is -1.78. The number of amides is 1. The first-order valence-corrected chi connectivity index (χ1v) is 6.48. The molecule has 106 valence electrons. The van der Waals surface area contributed by atoms with Crippen LogP contribution < -0.4 is 11.1 Å². The lowest BCUT2D eigenvalue weighted by Crippen LogP contribution is -2.51. The smallest absolute Gasteiger partial charge is 0.333 e. The molecule has 0 aliphatic heterocycles. The molecule has 0 radical (unpaired) electrons. The highest BCUT2D eigenvalue weighted by molar-refractivity contribution is 5.89. The van der Waals surface area contributed by atoms with E-state index in [0.29, 0.717) is 12.0 Å². The minimum Gasteiger partial charge on any atom is -0.479 e. The standard InChI is InChI=1S/C15H18N2O3/c1-15(14(19)20,11-5-3-2-4-6-11)17-13(18)10-7-8-12(16)9-10/h2-8,10,12H,9,16H2,1H3,(H,17,18)(H,19,20). The molecular formula is C15H18N2O3. The molecule has 4 N–H and O–H groups in total. The zero-order chi connectivity index (χ0) is 14.8. The molecule has 1 aromatic carbocycles. The van der Waals surface area contributed by atoms with Gasteiger partial charge in [-0.1, -0.05) is 42.5 Å². The van der Waals surface area contributed by atoms with Gasteiger partial charge < -0.3 is 16.2 Å². The molecule has 3 unspecified atom stereocenters. The molecule has 1 aliphatic rings. The van der Waals surface area contributed by atoms with Gasteiger partial charge in [0.2, 0.25) is 5.91 Å². The van der Waals surface area contributed by atoms with Crippen molar-refractivity contribution in [3.8, 4) is 0 Å². The molecule has 0 saturated carbocycles. The summed E-state index contributed by atoms with van der Waals surface area (Å²) in [6.07, 6.45) is 4.01. The van der Waals surface area contributed by atoms with Crippen molar-refractivity contribution in [3.63, 3.8) is 0 Å². The van der Waals surface area contributed by atoms with Gasteiger partial charge in [-0.05, 0) is 18.9 Å². The van der Waals surface area contributed by atoms with Gasteiger partial charge in [0.1, 0.15) is 0 Å². The largest absolute Gasteiger partial charge is 0.479 e. The van der Waals surface area contributed by atoms with Crippen LogP contribution in [0.3, 0.4) is 0 Å². The molecule has 5 nitrogen and oxygen atoms in total. The Morgan fingerprint density at radius 2 is 1.95 bits per heavy atom. The van der Waals surface area contributed by atoms with Gasteiger partial charge in [-0.3, -0.25) is 4.79 Å². The SMILES string of the molecule is CC(NC(=O)C1C=CC(N)C1)(C(=O)O)c1ccccc1. The molecule has 0 fully saturated rings. The van der Waals surface area contributed by atoms with E-state index in [1.807, 2.05) is 0 Å². The summed E-state index contributed by atoms with van der Waals surface area (Å²) in [5, 5.41) is 12.1. The summed E-state index contributed by atoms with van der Waals surface area (Å²) in [6.45, 7) is 1.49. The van der Waals surface area contributed by atoms with Crippen molar-refractivity contribution in [2.75, 3.05) is 0 Å². The molecular weight excluding hydrogens is 256 g/mol. The first-order chi connectivity index (χ1) is 9.43. The van der Waals surface area contributed by atoms with Gasteiger partial charge >= 0.3 is 5.97 Å². The van der Waals surface area contributed by atoms with Crippen molar-refractivity contribution in [1.82, 2.24) is 5.32 Å². The Labute approximate surface area is 117 Å². The van der Waals surface area contributed by atoms with E-state index in [1.165, 1.54) is 6.92 Å². The summed E-state index contributed by atoms with van der Waals surface area (Å²) in [6, 6.07) is 8.52. The number of aliphatic carboxylic acids is 1. The number of nitrogens with one attached hydrogen (secondary N) is 1. The van der Waals surface area contributed by atoms with Crippen LogP contribution in [-0.2, 0) is 15.1 Å². The Morgan fingerprint density at radius 1 is 1.30 bits per heavy atom. The molecule has 0 bridgehead atoms. The molecule has 2 rings (SSSR count). The molecule has 1 aromatic rings. The maximum Gasteiger partial charge on any atom is 0.333 e. The summed E-state index contributed by atoms with van der Waals surface area (Å²) < 4.78 is 0. The number of rotatable bonds is 4. The lowest BCUT2D eigenvalue weighted by Gasteiger charge is -2.28. The van der Waals surface area contributed by atoms with Gasteiger partial charge in [0.05, 0.1) is 5.92 Å². The lowest BCUT2D eigenvalue weighted by molar-refractivity contribution is -0.147. The van der Waals surface area contributed by atoms with Crippen LogP contribution in [0.15, 0.2) is 42.5 Å². The van der Waals surface area contributed by atoms with Crippen LogP contribution in [0, 0.1) is 5.92 Å². The number of nitrogens with two attached hydrogens (primary N) is 1. The first kappa shape index (κ1) is 14.3. The molecule has 1 aliphatic carbocycles. The average Bonchev–Trinajstić information content (AvgIpc) is 2.86. The summed E-state index contributed by atoms with van der Waals surface area (Å²) >= 11 is 0. The van der Waals surface area contributed by atoms with Crippen LogP contribution >= 0.6 is 0 Å². The summed E-state index contributed by atoms with van der Waals surface area (Å²) in [7, 11) is 0. The van der Waals surface area contributed by atoms with Crippen LogP contribution in [0.2, 0.25) is 0 Å². The zero-order valence-corrected chi connectivity index (χ0v) is 11.2. The van der Waals surface area contributed by atoms with Crippen LogP contribution in [0.5, 0.6) is 0 Å². The average molecular weight is 274 g/mol. The van der Waals surface area contributed by atoms with Gasteiger partial charge in [0.15, 0.2) is 5.54 Å². The number of carboxylic acid groups (broad SMARTS) is 1. The van der Waals surface area contributed by atoms with E-state index in [0.717, 1.165) is 0 Å². The lowest BCUT2D eigenvalue weighted by atomic mass is 9.91. The molecule has 5 heteroatoms. The topological polar surface area (TPSA) is 92.4 Å². The fourth-order valence-electron chi connectivity index (χ4n) is 2.28. The van der Waals surface area contributed by atoms with Gasteiger partial charge in [-0.25, -0.2) is 4.79 Å². The Balaban J connectivity index is 2.20. The molecule has 0 aromatic heterocycles. The molecule has 20 heavy (non-hydrogen) atoms. The minimum atomic E-state index is -1.45. The number of hydrogen-bond donors (Lipinski definition) is 3. The summed E-state index contributed by atoms with van der Waals surface area (Å²) in [5.41, 5.74) is 4.80. The van der Waals surface area contributed by atoms with E-state index in [2.05, 4.69) is 5.32 Å². The first-order valence-electron chi connectivity index (χ1n) is 6.48. The van der Waals surface area contributed by atoms with E-state index in [-0.39, 0.29) is 17.9 Å². The van der Waals surface area contributed by atoms with Gasteiger partial charge in [-0.2, -0.15) is 0 Å². The fraction of sp³-hybridized carbons (Fsp3) is 0.333. The van der Waals surface area contributed by atoms with E-state index < -0.39 is 11.5 Å².